The fourth-order valence-electron chi connectivity index (χ4n) is 3.10. The number of piperazine rings is 1. The number of ether oxygens (including phenoxy) is 1. The third kappa shape index (κ3) is 8.49. The summed E-state index contributed by atoms with van der Waals surface area (Å²) in [5, 5.41) is 3.37. The van der Waals surface area contributed by atoms with Crippen molar-refractivity contribution >= 4 is 15.7 Å². The molecule has 1 aromatic carbocycles. The van der Waals surface area contributed by atoms with Crippen molar-refractivity contribution in [1.29, 1.82) is 0 Å². The van der Waals surface area contributed by atoms with Crippen LogP contribution in [0.4, 0.5) is 5.69 Å². The molecule has 0 saturated carbocycles. The molecule has 7 heteroatoms. The monoisotopic (exact) mass is 397 g/mol. The van der Waals surface area contributed by atoms with Crippen LogP contribution in [0.2, 0.25) is 0 Å². The first kappa shape index (κ1) is 22.0. The van der Waals surface area contributed by atoms with Gasteiger partial charge in [0.15, 0.2) is 0 Å². The fourth-order valence-corrected chi connectivity index (χ4v) is 4.28. The van der Waals surface area contributed by atoms with Gasteiger partial charge in [0.2, 0.25) is 10.0 Å². The first-order valence-corrected chi connectivity index (χ1v) is 11.7. The topological polar surface area (TPSA) is 70.7 Å². The molecule has 27 heavy (non-hydrogen) atoms. The lowest BCUT2D eigenvalue weighted by atomic mass is 10.0. The van der Waals surface area contributed by atoms with Gasteiger partial charge < -0.3 is 15.0 Å². The summed E-state index contributed by atoms with van der Waals surface area (Å²) in [7, 11) is -3.28. The number of hydrogen-bond donors (Lipinski definition) is 2. The summed E-state index contributed by atoms with van der Waals surface area (Å²) < 4.78 is 32.9. The van der Waals surface area contributed by atoms with E-state index in [9.17, 15) is 8.42 Å². The average molecular weight is 398 g/mol. The minimum absolute atomic E-state index is 0.165. The maximum atomic E-state index is 12.1. The molecule has 1 aliphatic rings. The van der Waals surface area contributed by atoms with Gasteiger partial charge >= 0.3 is 0 Å². The van der Waals surface area contributed by atoms with E-state index in [1.165, 1.54) is 0 Å². The second kappa shape index (κ2) is 10.3. The molecule has 0 atom stereocenters. The standard InChI is InChI=1S/C20H35N3O3S/c1-4-5-6-17-27(24,25)22-18-7-9-19(10-8-18)26-20(2,3)11-14-23-15-12-21-13-16-23/h7-10,21-22H,4-6,11-17H2,1-3H3. The van der Waals surface area contributed by atoms with Gasteiger partial charge in [0.25, 0.3) is 0 Å². The van der Waals surface area contributed by atoms with Crippen LogP contribution in [0, 0.1) is 0 Å². The molecule has 1 fully saturated rings. The van der Waals surface area contributed by atoms with Crippen LogP contribution in [0.1, 0.15) is 46.5 Å². The van der Waals surface area contributed by atoms with Gasteiger partial charge in [-0.2, -0.15) is 0 Å². The van der Waals surface area contributed by atoms with E-state index in [2.05, 4.69) is 35.7 Å². The summed E-state index contributed by atoms with van der Waals surface area (Å²) in [4.78, 5) is 2.46. The summed E-state index contributed by atoms with van der Waals surface area (Å²) in [6.07, 6.45) is 3.57. The number of nitrogens with zero attached hydrogens (tertiary/aromatic N) is 1. The van der Waals surface area contributed by atoms with E-state index < -0.39 is 10.0 Å². The first-order chi connectivity index (χ1) is 12.8. The number of anilines is 1. The Bertz CT molecular complexity index is 654. The normalized spacial score (nSPS) is 16.3. The predicted molar refractivity (Wildman–Crippen MR) is 112 cm³/mol. The van der Waals surface area contributed by atoms with Crippen molar-refractivity contribution in [3.63, 3.8) is 0 Å². The zero-order chi connectivity index (χ0) is 19.8. The van der Waals surface area contributed by atoms with E-state index in [0.717, 1.165) is 57.7 Å². The van der Waals surface area contributed by atoms with Crippen LogP contribution in [-0.4, -0.2) is 57.4 Å². The summed E-state index contributed by atoms with van der Waals surface area (Å²) in [6, 6.07) is 7.19. The van der Waals surface area contributed by atoms with Gasteiger partial charge in [-0.3, -0.25) is 4.72 Å². The molecule has 154 valence electrons. The molecular formula is C20H35N3O3S. The summed E-state index contributed by atoms with van der Waals surface area (Å²) in [5.41, 5.74) is 0.309. The first-order valence-electron chi connectivity index (χ1n) is 10.0. The van der Waals surface area contributed by atoms with Crippen LogP contribution in [0.15, 0.2) is 24.3 Å². The predicted octanol–water partition coefficient (Wildman–Crippen LogP) is 3.07. The number of benzene rings is 1. The largest absolute Gasteiger partial charge is 0.488 e. The molecule has 0 aromatic heterocycles. The Hall–Kier alpha value is -1.31. The molecule has 0 bridgehead atoms. The summed E-state index contributed by atoms with van der Waals surface area (Å²) in [6.45, 7) is 11.5. The molecule has 1 heterocycles. The highest BCUT2D eigenvalue weighted by molar-refractivity contribution is 7.92. The molecule has 6 nitrogen and oxygen atoms in total. The second-order valence-electron chi connectivity index (χ2n) is 7.86. The molecule has 1 aliphatic heterocycles. The smallest absolute Gasteiger partial charge is 0.232 e. The third-order valence-corrected chi connectivity index (χ3v) is 6.15. The Morgan fingerprint density at radius 3 is 2.44 bits per heavy atom. The minimum atomic E-state index is -3.28. The Balaban J connectivity index is 1.82. The lowest BCUT2D eigenvalue weighted by Gasteiger charge is -2.32. The molecular weight excluding hydrogens is 362 g/mol. The maximum absolute atomic E-state index is 12.1. The van der Waals surface area contributed by atoms with Gasteiger partial charge in [-0.1, -0.05) is 19.8 Å². The third-order valence-electron chi connectivity index (χ3n) is 4.78. The molecule has 1 aromatic rings. The van der Waals surface area contributed by atoms with E-state index >= 15 is 0 Å². The van der Waals surface area contributed by atoms with E-state index in [0.29, 0.717) is 12.1 Å². The van der Waals surface area contributed by atoms with Crippen molar-refractivity contribution in [3.8, 4) is 5.75 Å². The zero-order valence-electron chi connectivity index (χ0n) is 17.0. The summed E-state index contributed by atoms with van der Waals surface area (Å²) in [5.74, 6) is 0.923. The Labute approximate surface area is 164 Å². The molecule has 0 aliphatic carbocycles. The molecule has 2 N–H and O–H groups in total. The van der Waals surface area contributed by atoms with Crippen molar-refractivity contribution in [2.45, 2.75) is 52.1 Å². The van der Waals surface area contributed by atoms with Gasteiger partial charge in [-0.25, -0.2) is 8.42 Å². The highest BCUT2D eigenvalue weighted by Crippen LogP contribution is 2.23. The van der Waals surface area contributed by atoms with Crippen molar-refractivity contribution in [1.82, 2.24) is 10.2 Å². The zero-order valence-corrected chi connectivity index (χ0v) is 17.8. The van der Waals surface area contributed by atoms with Crippen molar-refractivity contribution in [2.75, 3.05) is 43.2 Å². The number of hydrogen-bond acceptors (Lipinski definition) is 5. The lowest BCUT2D eigenvalue weighted by molar-refractivity contribution is 0.0809. The highest BCUT2D eigenvalue weighted by atomic mass is 32.2. The van der Waals surface area contributed by atoms with E-state index in [-0.39, 0.29) is 11.4 Å². The van der Waals surface area contributed by atoms with Crippen LogP contribution in [0.3, 0.4) is 0 Å². The fraction of sp³-hybridized carbons (Fsp3) is 0.700. The van der Waals surface area contributed by atoms with E-state index in [4.69, 9.17) is 4.74 Å². The molecule has 0 radical (unpaired) electrons. The van der Waals surface area contributed by atoms with Gasteiger partial charge in [-0.05, 0) is 51.0 Å². The number of rotatable bonds is 11. The van der Waals surface area contributed by atoms with Crippen LogP contribution < -0.4 is 14.8 Å². The summed E-state index contributed by atoms with van der Waals surface area (Å²) >= 11 is 0. The highest BCUT2D eigenvalue weighted by Gasteiger charge is 2.22. The quantitative estimate of drug-likeness (QED) is 0.562. The van der Waals surface area contributed by atoms with Gasteiger partial charge in [0, 0.05) is 38.4 Å². The van der Waals surface area contributed by atoms with E-state index in [1.54, 1.807) is 12.1 Å². The van der Waals surface area contributed by atoms with Crippen LogP contribution in [0.25, 0.3) is 0 Å². The van der Waals surface area contributed by atoms with Gasteiger partial charge in [-0.15, -0.1) is 0 Å². The Morgan fingerprint density at radius 1 is 1.15 bits per heavy atom. The molecule has 1 saturated heterocycles. The second-order valence-corrected chi connectivity index (χ2v) is 9.70. The van der Waals surface area contributed by atoms with Gasteiger partial charge in [0.1, 0.15) is 11.4 Å². The van der Waals surface area contributed by atoms with Crippen LogP contribution in [0.5, 0.6) is 5.75 Å². The average Bonchev–Trinajstić information content (AvgIpc) is 2.62. The molecule has 2 rings (SSSR count). The van der Waals surface area contributed by atoms with Crippen molar-refractivity contribution in [3.05, 3.63) is 24.3 Å². The maximum Gasteiger partial charge on any atom is 0.232 e. The Morgan fingerprint density at radius 2 is 1.81 bits per heavy atom. The van der Waals surface area contributed by atoms with Crippen LogP contribution >= 0.6 is 0 Å². The lowest BCUT2D eigenvalue weighted by Crippen LogP contribution is -2.45. The van der Waals surface area contributed by atoms with Crippen molar-refractivity contribution in [2.24, 2.45) is 0 Å². The molecule has 0 spiro atoms. The number of sulfonamides is 1. The SMILES string of the molecule is CCCCCS(=O)(=O)Nc1ccc(OC(C)(C)CCN2CCNCC2)cc1. The molecule has 0 unspecified atom stereocenters. The van der Waals surface area contributed by atoms with Crippen LogP contribution in [-0.2, 0) is 10.0 Å². The van der Waals surface area contributed by atoms with E-state index in [1.807, 2.05) is 12.1 Å². The molecule has 0 amide bonds. The van der Waals surface area contributed by atoms with Gasteiger partial charge in [0.05, 0.1) is 5.75 Å². The number of unbranched alkanes of at least 4 members (excludes halogenated alkanes) is 2. The Kier molecular flexibility index (Phi) is 8.38. The number of nitrogens with one attached hydrogen (secondary N) is 2. The minimum Gasteiger partial charge on any atom is -0.488 e. The van der Waals surface area contributed by atoms with Crippen molar-refractivity contribution < 1.29 is 13.2 Å².